The third-order valence-corrected chi connectivity index (χ3v) is 4.47. The van der Waals surface area contributed by atoms with Crippen LogP contribution in [0.5, 0.6) is 0 Å². The van der Waals surface area contributed by atoms with Crippen LogP contribution in [0.3, 0.4) is 0 Å². The Hall–Kier alpha value is -3.06. The van der Waals surface area contributed by atoms with Crippen LogP contribution >= 0.6 is 0 Å². The zero-order valence-electron chi connectivity index (χ0n) is 21.0. The van der Waals surface area contributed by atoms with Crippen molar-refractivity contribution in [3.8, 4) is 0 Å². The Morgan fingerprint density at radius 1 is 1.09 bits per heavy atom. The Bertz CT molecular complexity index is 852. The molecule has 1 unspecified atom stereocenters. The van der Waals surface area contributed by atoms with E-state index in [0.29, 0.717) is 12.3 Å². The number of ether oxygens (including phenoxy) is 2. The highest BCUT2D eigenvalue weighted by molar-refractivity contribution is 5.89. The Morgan fingerprint density at radius 2 is 1.73 bits per heavy atom. The van der Waals surface area contributed by atoms with E-state index in [4.69, 9.17) is 9.47 Å². The van der Waals surface area contributed by atoms with Gasteiger partial charge in [-0.05, 0) is 60.1 Å². The number of benzene rings is 1. The zero-order valence-corrected chi connectivity index (χ0v) is 21.0. The molecule has 33 heavy (non-hydrogen) atoms. The van der Waals surface area contributed by atoms with Gasteiger partial charge in [0.2, 0.25) is 5.91 Å². The van der Waals surface area contributed by atoms with E-state index in [-0.39, 0.29) is 6.61 Å². The molecule has 0 radical (unpaired) electrons. The third kappa shape index (κ3) is 10.9. The molecule has 1 atom stereocenters. The van der Waals surface area contributed by atoms with Gasteiger partial charge in [-0.2, -0.15) is 0 Å². The molecule has 7 heteroatoms. The Balaban J connectivity index is 2.90. The summed E-state index contributed by atoms with van der Waals surface area (Å²) in [5.41, 5.74) is 0.550. The molecule has 1 aromatic rings. The second kappa shape index (κ2) is 12.8. The topological polar surface area (TPSA) is 88.7 Å². The molecule has 1 aromatic carbocycles. The SMILES string of the molecule is C=C(NC(/C=C\C)=C/C)C(COCc1ccccc1)NC(=O)C(C)(C)NC(=O)OC(C)(C)C. The first-order valence-corrected chi connectivity index (χ1v) is 11.1. The monoisotopic (exact) mass is 457 g/mol. The van der Waals surface area contributed by atoms with E-state index in [1.165, 1.54) is 0 Å². The summed E-state index contributed by atoms with van der Waals surface area (Å²) < 4.78 is 11.2. The van der Waals surface area contributed by atoms with E-state index < -0.39 is 29.2 Å². The van der Waals surface area contributed by atoms with E-state index >= 15 is 0 Å². The maximum absolute atomic E-state index is 13.1. The van der Waals surface area contributed by atoms with Crippen molar-refractivity contribution in [2.24, 2.45) is 0 Å². The summed E-state index contributed by atoms with van der Waals surface area (Å²) in [6.07, 6.45) is 5.05. The van der Waals surface area contributed by atoms with Gasteiger partial charge in [0, 0.05) is 11.4 Å². The van der Waals surface area contributed by atoms with Crippen LogP contribution in [-0.4, -0.2) is 35.8 Å². The van der Waals surface area contributed by atoms with E-state index in [9.17, 15) is 9.59 Å². The quantitative estimate of drug-likeness (QED) is 0.424. The lowest BCUT2D eigenvalue weighted by Gasteiger charge is -2.30. The summed E-state index contributed by atoms with van der Waals surface area (Å²) in [6.45, 7) is 17.0. The highest BCUT2D eigenvalue weighted by Crippen LogP contribution is 2.12. The molecule has 182 valence electrons. The predicted molar refractivity (Wildman–Crippen MR) is 132 cm³/mol. The van der Waals surface area contributed by atoms with Crippen molar-refractivity contribution < 1.29 is 19.1 Å². The molecule has 0 saturated carbocycles. The smallest absolute Gasteiger partial charge is 0.408 e. The number of rotatable bonds is 11. The summed E-state index contributed by atoms with van der Waals surface area (Å²) in [5, 5.41) is 8.78. The minimum atomic E-state index is -1.22. The highest BCUT2D eigenvalue weighted by atomic mass is 16.6. The first-order chi connectivity index (χ1) is 15.4. The third-order valence-electron chi connectivity index (χ3n) is 4.47. The molecule has 0 fully saturated rings. The summed E-state index contributed by atoms with van der Waals surface area (Å²) in [5.74, 6) is -0.391. The van der Waals surface area contributed by atoms with Gasteiger partial charge in [-0.15, -0.1) is 0 Å². The molecule has 7 nitrogen and oxygen atoms in total. The average Bonchev–Trinajstić information content (AvgIpc) is 2.71. The molecule has 0 aliphatic carbocycles. The second-order valence-corrected chi connectivity index (χ2v) is 9.17. The summed E-state index contributed by atoms with van der Waals surface area (Å²) in [4.78, 5) is 25.3. The molecular formula is C26H39N3O4. The first kappa shape index (κ1) is 28.0. The van der Waals surface area contributed by atoms with Crippen molar-refractivity contribution in [1.82, 2.24) is 16.0 Å². The number of carbonyl (C=O) groups excluding carboxylic acids is 2. The Labute approximate surface area is 198 Å². The highest BCUT2D eigenvalue weighted by Gasteiger charge is 2.33. The van der Waals surface area contributed by atoms with Gasteiger partial charge >= 0.3 is 6.09 Å². The standard InChI is InChI=1S/C26H39N3O4/c1-9-14-21(10-2)27-19(3)22(18-32-17-20-15-12-11-13-16-20)28-23(30)26(7,8)29-24(31)33-25(4,5)6/h9-16,22,27H,3,17-18H2,1-2,4-8H3,(H,28,30)(H,29,31)/b14-9-,21-10+. The molecule has 1 rings (SSSR count). The van der Waals surface area contributed by atoms with Crippen molar-refractivity contribution in [1.29, 1.82) is 0 Å². The van der Waals surface area contributed by atoms with Crippen molar-refractivity contribution in [3.63, 3.8) is 0 Å². The summed E-state index contributed by atoms with van der Waals surface area (Å²) in [7, 11) is 0. The molecule has 0 saturated heterocycles. The average molecular weight is 458 g/mol. The summed E-state index contributed by atoms with van der Waals surface area (Å²) >= 11 is 0. The van der Waals surface area contributed by atoms with Gasteiger partial charge in [-0.3, -0.25) is 4.79 Å². The maximum atomic E-state index is 13.1. The van der Waals surface area contributed by atoms with Crippen LogP contribution in [0.1, 0.15) is 54.0 Å². The van der Waals surface area contributed by atoms with E-state index in [1.54, 1.807) is 34.6 Å². The van der Waals surface area contributed by atoms with Gasteiger partial charge in [0.25, 0.3) is 0 Å². The summed E-state index contributed by atoms with van der Waals surface area (Å²) in [6, 6.07) is 9.23. The van der Waals surface area contributed by atoms with E-state index in [1.807, 2.05) is 62.4 Å². The number of amides is 2. The zero-order chi connectivity index (χ0) is 25.1. The van der Waals surface area contributed by atoms with Gasteiger partial charge in [0.05, 0.1) is 19.3 Å². The lowest BCUT2D eigenvalue weighted by atomic mass is 10.0. The van der Waals surface area contributed by atoms with Crippen LogP contribution in [0.4, 0.5) is 4.79 Å². The van der Waals surface area contributed by atoms with E-state index in [2.05, 4.69) is 22.5 Å². The molecular weight excluding hydrogens is 418 g/mol. The number of carbonyl (C=O) groups is 2. The number of allylic oxidation sites excluding steroid dienone is 3. The van der Waals surface area contributed by atoms with Gasteiger partial charge in [-0.25, -0.2) is 4.79 Å². The van der Waals surface area contributed by atoms with Gasteiger partial charge in [-0.1, -0.05) is 49.1 Å². The molecule has 3 N–H and O–H groups in total. The van der Waals surface area contributed by atoms with Crippen LogP contribution in [0.2, 0.25) is 0 Å². The molecule has 0 aliphatic rings. The van der Waals surface area contributed by atoms with Gasteiger partial charge in [0.1, 0.15) is 11.1 Å². The lowest BCUT2D eigenvalue weighted by Crippen LogP contribution is -2.58. The number of hydrogen-bond donors (Lipinski definition) is 3. The second-order valence-electron chi connectivity index (χ2n) is 9.17. The van der Waals surface area contributed by atoms with Crippen molar-refractivity contribution in [3.05, 3.63) is 72.1 Å². The number of hydrogen-bond acceptors (Lipinski definition) is 5. The Kier molecular flexibility index (Phi) is 10.9. The van der Waals surface area contributed by atoms with E-state index in [0.717, 1.165) is 11.3 Å². The maximum Gasteiger partial charge on any atom is 0.408 e. The van der Waals surface area contributed by atoms with Crippen LogP contribution in [0.15, 0.2) is 66.5 Å². The van der Waals surface area contributed by atoms with Gasteiger partial charge < -0.3 is 25.4 Å². The molecule has 2 amide bonds. The number of nitrogens with one attached hydrogen (secondary N) is 3. The normalized spacial score (nSPS) is 13.4. The Morgan fingerprint density at radius 3 is 2.27 bits per heavy atom. The molecule has 0 bridgehead atoms. The van der Waals surface area contributed by atoms with Crippen LogP contribution in [0, 0.1) is 0 Å². The van der Waals surface area contributed by atoms with Gasteiger partial charge in [0.15, 0.2) is 0 Å². The lowest BCUT2D eigenvalue weighted by molar-refractivity contribution is -0.127. The fourth-order valence-electron chi connectivity index (χ4n) is 2.71. The number of alkyl carbamates (subject to hydrolysis) is 1. The fraction of sp³-hybridized carbons (Fsp3) is 0.462. The minimum Gasteiger partial charge on any atom is -0.444 e. The largest absolute Gasteiger partial charge is 0.444 e. The predicted octanol–water partition coefficient (Wildman–Crippen LogP) is 4.57. The fourth-order valence-corrected chi connectivity index (χ4v) is 2.71. The molecule has 0 aromatic heterocycles. The molecule has 0 spiro atoms. The van der Waals surface area contributed by atoms with Crippen molar-refractivity contribution >= 4 is 12.0 Å². The van der Waals surface area contributed by atoms with Crippen molar-refractivity contribution in [2.45, 2.75) is 72.3 Å². The molecule has 0 aliphatic heterocycles. The van der Waals surface area contributed by atoms with Crippen LogP contribution in [0.25, 0.3) is 0 Å². The molecule has 0 heterocycles. The minimum absolute atomic E-state index is 0.196. The van der Waals surface area contributed by atoms with Crippen molar-refractivity contribution in [2.75, 3.05) is 6.61 Å². The van der Waals surface area contributed by atoms with Crippen LogP contribution in [-0.2, 0) is 20.9 Å². The first-order valence-electron chi connectivity index (χ1n) is 11.1. The van der Waals surface area contributed by atoms with Crippen LogP contribution < -0.4 is 16.0 Å².